The number of hydrogen-bond donors (Lipinski definition) is 0. The lowest BCUT2D eigenvalue weighted by Crippen LogP contribution is -2.34. The Kier molecular flexibility index (Phi) is 6.31. The number of halogens is 1. The molecule has 0 radical (unpaired) electrons. The molecule has 33 heavy (non-hydrogen) atoms. The lowest BCUT2D eigenvalue weighted by Gasteiger charge is -2.31. The van der Waals surface area contributed by atoms with E-state index in [-0.39, 0.29) is 11.7 Å². The summed E-state index contributed by atoms with van der Waals surface area (Å²) in [5.41, 5.74) is 3.38. The van der Waals surface area contributed by atoms with E-state index in [0.717, 1.165) is 86.2 Å². The number of rotatable bonds is 7. The van der Waals surface area contributed by atoms with Gasteiger partial charge < -0.3 is 19.1 Å². The predicted molar refractivity (Wildman–Crippen MR) is 124 cm³/mol. The fourth-order valence-corrected chi connectivity index (χ4v) is 4.94. The van der Waals surface area contributed by atoms with E-state index in [9.17, 15) is 9.18 Å². The van der Waals surface area contributed by atoms with Crippen molar-refractivity contribution >= 4 is 16.9 Å². The van der Waals surface area contributed by atoms with Gasteiger partial charge in [0.05, 0.1) is 12.3 Å². The first-order valence-corrected chi connectivity index (χ1v) is 11.9. The number of benzene rings is 2. The molecule has 1 amide bonds. The Balaban J connectivity index is 1.04. The second-order valence-electron chi connectivity index (χ2n) is 9.18. The van der Waals surface area contributed by atoms with Gasteiger partial charge in [0.2, 0.25) is 0 Å². The van der Waals surface area contributed by atoms with E-state index in [2.05, 4.69) is 10.1 Å². The molecule has 2 aliphatic rings. The van der Waals surface area contributed by atoms with Crippen LogP contribution in [0.4, 0.5) is 4.39 Å². The minimum atomic E-state index is -0.295. The molecule has 1 fully saturated rings. The molecule has 0 aliphatic carbocycles. The fraction of sp³-hybridized carbons (Fsp3) is 0.462. The monoisotopic (exact) mass is 451 g/mol. The molecule has 0 unspecified atom stereocenters. The van der Waals surface area contributed by atoms with Crippen LogP contribution in [0.5, 0.6) is 5.75 Å². The number of likely N-dealkylation sites (N-methyl/N-ethyl adjacent to an activating group) is 1. The van der Waals surface area contributed by atoms with Crippen molar-refractivity contribution in [1.29, 1.82) is 0 Å². The highest BCUT2D eigenvalue weighted by molar-refractivity contribution is 5.97. The SMILES string of the molecule is CN1CCc2ccc(OCCCCN3CCC(c4noc5cc(F)ccc45)CC3)cc2C1=O. The van der Waals surface area contributed by atoms with Crippen molar-refractivity contribution in [2.45, 2.75) is 38.0 Å². The Morgan fingerprint density at radius 1 is 1.12 bits per heavy atom. The van der Waals surface area contributed by atoms with E-state index in [4.69, 9.17) is 9.26 Å². The molecular weight excluding hydrogens is 421 g/mol. The number of piperidine rings is 1. The molecule has 3 aromatic rings. The largest absolute Gasteiger partial charge is 0.494 e. The zero-order valence-electron chi connectivity index (χ0n) is 19.1. The molecule has 6 nitrogen and oxygen atoms in total. The second-order valence-corrected chi connectivity index (χ2v) is 9.18. The van der Waals surface area contributed by atoms with Crippen LogP contribution >= 0.6 is 0 Å². The van der Waals surface area contributed by atoms with E-state index in [1.54, 1.807) is 11.0 Å². The van der Waals surface area contributed by atoms with Crippen LogP contribution in [0.1, 0.15) is 53.2 Å². The highest BCUT2D eigenvalue weighted by Gasteiger charge is 2.25. The van der Waals surface area contributed by atoms with Crippen molar-refractivity contribution in [2.75, 3.05) is 39.8 Å². The quantitative estimate of drug-likeness (QED) is 0.490. The summed E-state index contributed by atoms with van der Waals surface area (Å²) in [4.78, 5) is 16.6. The van der Waals surface area contributed by atoms with Crippen molar-refractivity contribution in [3.05, 3.63) is 59.0 Å². The van der Waals surface area contributed by atoms with E-state index >= 15 is 0 Å². The van der Waals surface area contributed by atoms with Gasteiger partial charge in [0.15, 0.2) is 5.58 Å². The molecular formula is C26H30FN3O3. The maximum Gasteiger partial charge on any atom is 0.254 e. The third-order valence-corrected chi connectivity index (χ3v) is 6.95. The molecule has 1 aromatic heterocycles. The normalized spacial score (nSPS) is 17.5. The van der Waals surface area contributed by atoms with Gasteiger partial charge in [-0.3, -0.25) is 4.79 Å². The van der Waals surface area contributed by atoms with Crippen LogP contribution in [0.25, 0.3) is 11.0 Å². The third-order valence-electron chi connectivity index (χ3n) is 6.95. The number of amides is 1. The number of fused-ring (bicyclic) bond motifs is 2. The Morgan fingerprint density at radius 2 is 1.97 bits per heavy atom. The molecule has 0 bridgehead atoms. The van der Waals surface area contributed by atoms with Crippen molar-refractivity contribution in [3.63, 3.8) is 0 Å². The predicted octanol–water partition coefficient (Wildman–Crippen LogP) is 4.63. The highest BCUT2D eigenvalue weighted by Crippen LogP contribution is 2.33. The van der Waals surface area contributed by atoms with Crippen LogP contribution in [-0.2, 0) is 6.42 Å². The maximum absolute atomic E-state index is 13.4. The van der Waals surface area contributed by atoms with Gasteiger partial charge in [0, 0.05) is 36.5 Å². The van der Waals surface area contributed by atoms with Crippen LogP contribution in [0.3, 0.4) is 0 Å². The standard InChI is InChI=1S/C26H30FN3O3/c1-29-12-8-18-4-6-21(17-23(18)26(29)31)32-15-3-2-11-30-13-9-19(10-14-30)25-22-7-5-20(27)16-24(22)33-28-25/h4-7,16-17,19H,2-3,8-15H2,1H3. The number of nitrogens with zero attached hydrogens (tertiary/aromatic N) is 3. The minimum absolute atomic E-state index is 0.0795. The first kappa shape index (κ1) is 21.9. The number of likely N-dealkylation sites (tertiary alicyclic amines) is 1. The van der Waals surface area contributed by atoms with Crippen molar-refractivity contribution < 1.29 is 18.4 Å². The topological polar surface area (TPSA) is 58.8 Å². The van der Waals surface area contributed by atoms with Gasteiger partial charge in [-0.15, -0.1) is 0 Å². The number of ether oxygens (including phenoxy) is 1. The summed E-state index contributed by atoms with van der Waals surface area (Å²) in [6, 6.07) is 10.5. The van der Waals surface area contributed by atoms with Crippen LogP contribution < -0.4 is 4.74 Å². The minimum Gasteiger partial charge on any atom is -0.494 e. The number of unbranched alkanes of at least 4 members (excludes halogenated alkanes) is 1. The van der Waals surface area contributed by atoms with E-state index in [0.29, 0.717) is 18.1 Å². The van der Waals surface area contributed by atoms with E-state index < -0.39 is 0 Å². The molecule has 174 valence electrons. The van der Waals surface area contributed by atoms with Gasteiger partial charge in [0.1, 0.15) is 11.6 Å². The zero-order chi connectivity index (χ0) is 22.8. The fourth-order valence-electron chi connectivity index (χ4n) is 4.94. The van der Waals surface area contributed by atoms with Gasteiger partial charge in [-0.1, -0.05) is 11.2 Å². The van der Waals surface area contributed by atoms with Gasteiger partial charge >= 0.3 is 0 Å². The van der Waals surface area contributed by atoms with Crippen LogP contribution in [0, 0.1) is 5.82 Å². The Morgan fingerprint density at radius 3 is 2.82 bits per heavy atom. The molecule has 0 atom stereocenters. The van der Waals surface area contributed by atoms with Crippen LogP contribution in [-0.4, -0.2) is 60.7 Å². The summed E-state index contributed by atoms with van der Waals surface area (Å²) in [5.74, 6) is 0.924. The molecule has 7 heteroatoms. The van der Waals surface area contributed by atoms with E-state index in [1.807, 2.05) is 25.2 Å². The molecule has 3 heterocycles. The zero-order valence-corrected chi connectivity index (χ0v) is 19.1. The van der Waals surface area contributed by atoms with Crippen LogP contribution in [0.15, 0.2) is 40.9 Å². The van der Waals surface area contributed by atoms with Gasteiger partial charge in [-0.2, -0.15) is 0 Å². The summed E-state index contributed by atoms with van der Waals surface area (Å²) in [7, 11) is 1.84. The van der Waals surface area contributed by atoms with Crippen molar-refractivity contribution in [3.8, 4) is 5.75 Å². The summed E-state index contributed by atoms with van der Waals surface area (Å²) < 4.78 is 24.7. The van der Waals surface area contributed by atoms with Gasteiger partial charge in [-0.05, 0) is 81.6 Å². The molecule has 1 saturated heterocycles. The molecule has 0 N–H and O–H groups in total. The summed E-state index contributed by atoms with van der Waals surface area (Å²) in [6.45, 7) is 4.54. The third kappa shape index (κ3) is 4.74. The average molecular weight is 452 g/mol. The number of hydrogen-bond acceptors (Lipinski definition) is 5. The van der Waals surface area contributed by atoms with Gasteiger partial charge in [0.25, 0.3) is 5.91 Å². The van der Waals surface area contributed by atoms with Crippen molar-refractivity contribution in [1.82, 2.24) is 15.0 Å². The summed E-state index contributed by atoms with van der Waals surface area (Å²) in [6.07, 6.45) is 5.02. The summed E-state index contributed by atoms with van der Waals surface area (Å²) in [5, 5.41) is 5.17. The Labute approximate surface area is 193 Å². The highest BCUT2D eigenvalue weighted by atomic mass is 19.1. The van der Waals surface area contributed by atoms with Crippen LogP contribution in [0.2, 0.25) is 0 Å². The Hall–Kier alpha value is -2.93. The number of carbonyl (C=O) groups is 1. The van der Waals surface area contributed by atoms with Crippen molar-refractivity contribution in [2.24, 2.45) is 0 Å². The summed E-state index contributed by atoms with van der Waals surface area (Å²) >= 11 is 0. The molecule has 0 saturated carbocycles. The lowest BCUT2D eigenvalue weighted by atomic mass is 9.91. The first-order valence-electron chi connectivity index (χ1n) is 11.9. The number of carbonyl (C=O) groups excluding carboxylic acids is 1. The Bertz CT molecular complexity index is 1140. The smallest absolute Gasteiger partial charge is 0.254 e. The van der Waals surface area contributed by atoms with Gasteiger partial charge in [-0.25, -0.2) is 4.39 Å². The number of aromatic nitrogens is 1. The first-order chi connectivity index (χ1) is 16.1. The second kappa shape index (κ2) is 9.51. The average Bonchev–Trinajstić information content (AvgIpc) is 3.25. The molecule has 2 aromatic carbocycles. The lowest BCUT2D eigenvalue weighted by molar-refractivity contribution is 0.0780. The maximum atomic E-state index is 13.4. The molecule has 5 rings (SSSR count). The molecule has 2 aliphatic heterocycles. The van der Waals surface area contributed by atoms with E-state index in [1.165, 1.54) is 12.1 Å². The molecule has 0 spiro atoms.